The Balaban J connectivity index is 1.99. The number of benzene rings is 2. The number of sulfonamides is 1. The van der Waals surface area contributed by atoms with Crippen LogP contribution in [0.2, 0.25) is 0 Å². The lowest BCUT2D eigenvalue weighted by molar-refractivity contribution is -0.120. The van der Waals surface area contributed by atoms with Gasteiger partial charge in [-0.15, -0.1) is 0 Å². The van der Waals surface area contributed by atoms with Crippen molar-refractivity contribution in [2.24, 2.45) is 0 Å². The Hall–Kier alpha value is -2.41. The van der Waals surface area contributed by atoms with Gasteiger partial charge in [-0.1, -0.05) is 18.2 Å². The zero-order valence-corrected chi connectivity index (χ0v) is 15.9. The minimum absolute atomic E-state index is 0.0419. The highest BCUT2D eigenvalue weighted by molar-refractivity contribution is 7.92. The van der Waals surface area contributed by atoms with Crippen molar-refractivity contribution in [3.8, 4) is 0 Å². The summed E-state index contributed by atoms with van der Waals surface area (Å²) in [7, 11) is -3.48. The summed E-state index contributed by atoms with van der Waals surface area (Å²) in [6, 6.07) is 11.3. The number of amides is 1. The van der Waals surface area contributed by atoms with Crippen LogP contribution in [0.15, 0.2) is 42.5 Å². The second-order valence-corrected chi connectivity index (χ2v) is 8.17. The summed E-state index contributed by atoms with van der Waals surface area (Å²) in [5, 5.41) is 2.68. The van der Waals surface area contributed by atoms with Crippen molar-refractivity contribution < 1.29 is 17.6 Å². The molecule has 0 saturated heterocycles. The van der Waals surface area contributed by atoms with Crippen molar-refractivity contribution in [1.29, 1.82) is 0 Å². The summed E-state index contributed by atoms with van der Waals surface area (Å²) >= 11 is 0. The van der Waals surface area contributed by atoms with Gasteiger partial charge in [0.15, 0.2) is 0 Å². The number of hydrogen-bond donors (Lipinski definition) is 1. The Morgan fingerprint density at radius 1 is 1.12 bits per heavy atom. The van der Waals surface area contributed by atoms with E-state index >= 15 is 0 Å². The summed E-state index contributed by atoms with van der Waals surface area (Å²) in [6.07, 6.45) is 1.18. The third-order valence-corrected chi connectivity index (χ3v) is 5.26. The van der Waals surface area contributed by atoms with Gasteiger partial charge in [-0.2, -0.15) is 0 Å². The largest absolute Gasteiger partial charge is 0.354 e. The number of halogens is 1. The summed E-state index contributed by atoms with van der Waals surface area (Å²) in [4.78, 5) is 12.0. The van der Waals surface area contributed by atoms with E-state index in [1.54, 1.807) is 18.2 Å². The van der Waals surface area contributed by atoms with Crippen LogP contribution in [0.3, 0.4) is 0 Å². The van der Waals surface area contributed by atoms with E-state index in [-0.39, 0.29) is 25.4 Å². The average Bonchev–Trinajstić information content (AvgIpc) is 2.53. The van der Waals surface area contributed by atoms with E-state index in [2.05, 4.69) is 5.32 Å². The molecule has 0 heterocycles. The van der Waals surface area contributed by atoms with Crippen LogP contribution in [0, 0.1) is 19.7 Å². The van der Waals surface area contributed by atoms with Crippen molar-refractivity contribution in [3.05, 3.63) is 65.0 Å². The van der Waals surface area contributed by atoms with Crippen LogP contribution in [0.1, 0.15) is 16.7 Å². The molecule has 140 valence electrons. The van der Waals surface area contributed by atoms with Crippen LogP contribution >= 0.6 is 0 Å². The number of rotatable bonds is 7. The first-order valence-corrected chi connectivity index (χ1v) is 10.1. The Morgan fingerprint density at radius 2 is 1.85 bits per heavy atom. The molecule has 1 amide bonds. The highest BCUT2D eigenvalue weighted by Gasteiger charge is 2.18. The normalized spacial score (nSPS) is 11.2. The van der Waals surface area contributed by atoms with Crippen molar-refractivity contribution in [3.63, 3.8) is 0 Å². The predicted octanol–water partition coefficient (Wildman–Crippen LogP) is 2.57. The Bertz CT molecular complexity index is 897. The Morgan fingerprint density at radius 3 is 2.46 bits per heavy atom. The van der Waals surface area contributed by atoms with Gasteiger partial charge in [0.2, 0.25) is 15.9 Å². The fourth-order valence-corrected chi connectivity index (χ4v) is 3.48. The molecule has 26 heavy (non-hydrogen) atoms. The molecular formula is C19H23FN2O3S. The molecule has 0 fully saturated rings. The molecule has 0 bridgehead atoms. The summed E-state index contributed by atoms with van der Waals surface area (Å²) in [5.41, 5.74) is 3.20. The molecule has 0 radical (unpaired) electrons. The summed E-state index contributed by atoms with van der Waals surface area (Å²) in [5.74, 6) is -0.683. The molecule has 2 aromatic rings. The van der Waals surface area contributed by atoms with E-state index < -0.39 is 15.8 Å². The molecule has 5 nitrogen and oxygen atoms in total. The standard InChI is InChI=1S/C19H23FN2O3S/c1-14-7-8-18(11-15(14)2)22(26(3,24)25)10-9-21-19(23)13-16-5-4-6-17(20)12-16/h4-8,11-12H,9-10,13H2,1-3H3,(H,21,23). The van der Waals surface area contributed by atoms with Crippen LogP contribution in [0.25, 0.3) is 0 Å². The van der Waals surface area contributed by atoms with Gasteiger partial charge in [0, 0.05) is 6.54 Å². The molecule has 0 aliphatic heterocycles. The maximum absolute atomic E-state index is 13.2. The molecule has 1 N–H and O–H groups in total. The molecule has 0 spiro atoms. The quantitative estimate of drug-likeness (QED) is 0.805. The second-order valence-electron chi connectivity index (χ2n) is 6.26. The van der Waals surface area contributed by atoms with E-state index in [4.69, 9.17) is 0 Å². The van der Waals surface area contributed by atoms with Crippen molar-refractivity contribution in [1.82, 2.24) is 5.32 Å². The lowest BCUT2D eigenvalue weighted by Gasteiger charge is -2.23. The van der Waals surface area contributed by atoms with Crippen LogP contribution in [0.5, 0.6) is 0 Å². The molecule has 0 unspecified atom stereocenters. The van der Waals surface area contributed by atoms with Crippen LogP contribution in [-0.2, 0) is 21.2 Å². The lowest BCUT2D eigenvalue weighted by Crippen LogP contribution is -2.38. The third-order valence-electron chi connectivity index (χ3n) is 4.07. The van der Waals surface area contributed by atoms with Gasteiger partial charge < -0.3 is 5.32 Å². The van der Waals surface area contributed by atoms with Gasteiger partial charge in [0.1, 0.15) is 5.82 Å². The van der Waals surface area contributed by atoms with Crippen molar-refractivity contribution in [2.45, 2.75) is 20.3 Å². The van der Waals surface area contributed by atoms with E-state index in [9.17, 15) is 17.6 Å². The van der Waals surface area contributed by atoms with Gasteiger partial charge in [0.25, 0.3) is 0 Å². The molecule has 0 aromatic heterocycles. The smallest absolute Gasteiger partial charge is 0.232 e. The summed E-state index contributed by atoms with van der Waals surface area (Å²) in [6.45, 7) is 4.15. The lowest BCUT2D eigenvalue weighted by atomic mass is 10.1. The molecular weight excluding hydrogens is 355 g/mol. The number of anilines is 1. The molecule has 0 aliphatic rings. The number of aryl methyl sites for hydroxylation is 2. The molecule has 2 rings (SSSR count). The maximum Gasteiger partial charge on any atom is 0.232 e. The van der Waals surface area contributed by atoms with Crippen molar-refractivity contribution >= 4 is 21.6 Å². The Labute approximate surface area is 153 Å². The number of nitrogens with zero attached hydrogens (tertiary/aromatic N) is 1. The maximum atomic E-state index is 13.2. The van der Waals surface area contributed by atoms with Crippen molar-refractivity contribution in [2.75, 3.05) is 23.7 Å². The van der Waals surface area contributed by atoms with E-state index in [1.165, 1.54) is 16.4 Å². The predicted molar refractivity (Wildman–Crippen MR) is 101 cm³/mol. The van der Waals surface area contributed by atoms with E-state index in [0.717, 1.165) is 17.4 Å². The number of hydrogen-bond acceptors (Lipinski definition) is 3. The number of nitrogens with one attached hydrogen (secondary N) is 1. The first-order chi connectivity index (χ1) is 12.2. The zero-order chi connectivity index (χ0) is 19.3. The first-order valence-electron chi connectivity index (χ1n) is 8.23. The second kappa shape index (κ2) is 8.31. The fourth-order valence-electron chi connectivity index (χ4n) is 2.56. The highest BCUT2D eigenvalue weighted by atomic mass is 32.2. The minimum atomic E-state index is -3.48. The Kier molecular flexibility index (Phi) is 6.37. The minimum Gasteiger partial charge on any atom is -0.354 e. The average molecular weight is 378 g/mol. The third kappa shape index (κ3) is 5.56. The SMILES string of the molecule is Cc1ccc(N(CCNC(=O)Cc2cccc(F)c2)S(C)(=O)=O)cc1C. The van der Waals surface area contributed by atoms with Crippen LogP contribution in [-0.4, -0.2) is 33.7 Å². The van der Waals surface area contributed by atoms with Gasteiger partial charge in [0.05, 0.1) is 24.9 Å². The molecule has 0 saturated carbocycles. The van der Waals surface area contributed by atoms with Gasteiger partial charge in [-0.05, 0) is 54.8 Å². The van der Waals surface area contributed by atoms with Gasteiger partial charge >= 0.3 is 0 Å². The molecule has 7 heteroatoms. The summed E-state index contributed by atoms with van der Waals surface area (Å²) < 4.78 is 38.6. The monoisotopic (exact) mass is 378 g/mol. The fraction of sp³-hybridized carbons (Fsp3) is 0.316. The molecule has 2 aromatic carbocycles. The van der Waals surface area contributed by atoms with Gasteiger partial charge in [-0.25, -0.2) is 12.8 Å². The first kappa shape index (κ1) is 19.9. The van der Waals surface area contributed by atoms with Crippen LogP contribution < -0.4 is 9.62 Å². The van der Waals surface area contributed by atoms with E-state index in [0.29, 0.717) is 11.3 Å². The van der Waals surface area contributed by atoms with Gasteiger partial charge in [-0.3, -0.25) is 9.10 Å². The molecule has 0 aliphatic carbocycles. The topological polar surface area (TPSA) is 66.5 Å². The highest BCUT2D eigenvalue weighted by Crippen LogP contribution is 2.20. The zero-order valence-electron chi connectivity index (χ0n) is 15.1. The number of carbonyl (C=O) groups excluding carboxylic acids is 1. The van der Waals surface area contributed by atoms with Crippen LogP contribution in [0.4, 0.5) is 10.1 Å². The molecule has 0 atom stereocenters. The number of carbonyl (C=O) groups is 1. The van der Waals surface area contributed by atoms with E-state index in [1.807, 2.05) is 26.0 Å².